The molecule has 0 amide bonds. The van der Waals surface area contributed by atoms with Gasteiger partial charge in [0.1, 0.15) is 16.8 Å². The van der Waals surface area contributed by atoms with Crippen molar-refractivity contribution in [1.82, 2.24) is 14.4 Å². The molecule has 0 saturated heterocycles. The molecule has 3 heterocycles. The number of aromatic nitrogens is 3. The molecule has 4 rings (SSSR count). The Bertz CT molecular complexity index is 896. The van der Waals surface area contributed by atoms with Crippen LogP contribution in [0.25, 0.3) is 27.7 Å². The number of nitrogens with zero attached hydrogens (tertiary/aromatic N) is 2. The molecule has 3 heteroatoms. The van der Waals surface area contributed by atoms with E-state index >= 15 is 0 Å². The minimum Gasteiger partial charge on any atom is -0.339 e. The quantitative estimate of drug-likeness (QED) is 0.496. The van der Waals surface area contributed by atoms with Gasteiger partial charge < -0.3 is 4.98 Å². The van der Waals surface area contributed by atoms with Gasteiger partial charge in [-0.1, -0.05) is 18.2 Å². The number of nitrogens with one attached hydrogen (secondary N) is 1. The molecule has 0 bridgehead atoms. The summed E-state index contributed by atoms with van der Waals surface area (Å²) in [7, 11) is 0. The minimum atomic E-state index is 1.000. The third-order valence-electron chi connectivity index (χ3n) is 3.55. The van der Waals surface area contributed by atoms with Crippen LogP contribution in [0.5, 0.6) is 0 Å². The smallest absolute Gasteiger partial charge is 0.143 e. The maximum atomic E-state index is 4.74. The molecule has 3 nitrogen and oxygen atoms in total. The summed E-state index contributed by atoms with van der Waals surface area (Å²) in [4.78, 5) is 8.23. The van der Waals surface area contributed by atoms with Gasteiger partial charge in [-0.05, 0) is 37.1 Å². The minimum absolute atomic E-state index is 1.000. The zero-order chi connectivity index (χ0) is 12.3. The molecule has 18 heavy (non-hydrogen) atoms. The van der Waals surface area contributed by atoms with Crippen LogP contribution in [0.2, 0.25) is 0 Å². The van der Waals surface area contributed by atoms with E-state index in [4.69, 9.17) is 4.98 Å². The Kier molecular flexibility index (Phi) is 1.69. The van der Waals surface area contributed by atoms with E-state index in [0.717, 1.165) is 16.8 Å². The van der Waals surface area contributed by atoms with E-state index in [-0.39, 0.29) is 0 Å². The number of fused-ring (bicyclic) bond motifs is 5. The topological polar surface area (TPSA) is 33.1 Å². The number of hydrogen-bond donors (Lipinski definition) is 1. The van der Waals surface area contributed by atoms with Gasteiger partial charge in [-0.3, -0.25) is 4.40 Å². The van der Waals surface area contributed by atoms with Crippen LogP contribution in [0.15, 0.2) is 36.5 Å². The number of H-pyrrole nitrogens is 1. The van der Waals surface area contributed by atoms with Gasteiger partial charge in [-0.15, -0.1) is 0 Å². The average Bonchev–Trinajstić information content (AvgIpc) is 2.86. The lowest BCUT2D eigenvalue weighted by Crippen LogP contribution is -1.86. The van der Waals surface area contributed by atoms with Crippen molar-refractivity contribution in [2.24, 2.45) is 0 Å². The molecule has 0 aliphatic carbocycles. The molecule has 88 valence electrons. The van der Waals surface area contributed by atoms with Crippen LogP contribution >= 0.6 is 0 Å². The van der Waals surface area contributed by atoms with E-state index in [1.54, 1.807) is 0 Å². The number of imidazole rings is 1. The highest BCUT2D eigenvalue weighted by molar-refractivity contribution is 6.06. The number of para-hydroxylation sites is 1. The summed E-state index contributed by atoms with van der Waals surface area (Å²) in [5, 5.41) is 1.20. The molecule has 1 N–H and O–H groups in total. The van der Waals surface area contributed by atoms with E-state index in [0.29, 0.717) is 0 Å². The average molecular weight is 235 g/mol. The number of aromatic amines is 1. The number of rotatable bonds is 0. The summed E-state index contributed by atoms with van der Waals surface area (Å²) < 4.78 is 2.11. The van der Waals surface area contributed by atoms with Gasteiger partial charge in [0, 0.05) is 11.6 Å². The lowest BCUT2D eigenvalue weighted by Gasteiger charge is -1.97. The monoisotopic (exact) mass is 235 g/mol. The van der Waals surface area contributed by atoms with Crippen molar-refractivity contribution in [3.63, 3.8) is 0 Å². The first-order valence-electron chi connectivity index (χ1n) is 6.10. The summed E-state index contributed by atoms with van der Waals surface area (Å²) in [5.41, 5.74) is 6.81. The van der Waals surface area contributed by atoms with Crippen molar-refractivity contribution in [2.45, 2.75) is 13.8 Å². The number of aryl methyl sites for hydroxylation is 2. The number of hydrogen-bond acceptors (Lipinski definition) is 1. The van der Waals surface area contributed by atoms with E-state index in [1.165, 1.54) is 22.0 Å². The molecule has 0 spiro atoms. The van der Waals surface area contributed by atoms with Gasteiger partial charge >= 0.3 is 0 Å². The lowest BCUT2D eigenvalue weighted by molar-refractivity contribution is 1.18. The van der Waals surface area contributed by atoms with Crippen molar-refractivity contribution in [1.29, 1.82) is 0 Å². The summed E-state index contributed by atoms with van der Waals surface area (Å²) in [6.45, 7) is 4.21. The molecule has 0 aliphatic heterocycles. The first-order valence-corrected chi connectivity index (χ1v) is 6.10. The van der Waals surface area contributed by atoms with Gasteiger partial charge in [0.25, 0.3) is 0 Å². The number of benzene rings is 1. The Morgan fingerprint density at radius 1 is 1.17 bits per heavy atom. The van der Waals surface area contributed by atoms with Crippen molar-refractivity contribution in [3.05, 3.63) is 47.7 Å². The third-order valence-corrected chi connectivity index (χ3v) is 3.55. The lowest BCUT2D eigenvalue weighted by atomic mass is 10.1. The highest BCUT2D eigenvalue weighted by atomic mass is 15.1. The highest BCUT2D eigenvalue weighted by Gasteiger charge is 2.11. The van der Waals surface area contributed by atoms with Crippen LogP contribution in [0, 0.1) is 13.8 Å². The van der Waals surface area contributed by atoms with Gasteiger partial charge in [0.2, 0.25) is 0 Å². The summed E-state index contributed by atoms with van der Waals surface area (Å²) in [6.07, 6.45) is 2.07. The van der Waals surface area contributed by atoms with E-state index < -0.39 is 0 Å². The zero-order valence-corrected chi connectivity index (χ0v) is 10.4. The second-order valence-corrected chi connectivity index (χ2v) is 4.86. The fourth-order valence-corrected chi connectivity index (χ4v) is 2.60. The molecule has 0 aliphatic rings. The largest absolute Gasteiger partial charge is 0.339 e. The standard InChI is InChI=1S/C15H13N3/c1-9-6-7-18-12(8-9)16-14-11-5-3-4-10(2)13(11)17-15(14)18/h3-8,17H,1-2H3. The van der Waals surface area contributed by atoms with Crippen LogP contribution < -0.4 is 0 Å². The third kappa shape index (κ3) is 1.11. The first kappa shape index (κ1) is 9.71. The summed E-state index contributed by atoms with van der Waals surface area (Å²) >= 11 is 0. The fourth-order valence-electron chi connectivity index (χ4n) is 2.60. The van der Waals surface area contributed by atoms with Crippen LogP contribution in [-0.2, 0) is 0 Å². The van der Waals surface area contributed by atoms with Gasteiger partial charge in [0.15, 0.2) is 0 Å². The Balaban J connectivity index is 2.28. The molecular formula is C15H13N3. The molecule has 0 saturated carbocycles. The summed E-state index contributed by atoms with van der Waals surface area (Å²) in [5.74, 6) is 0. The normalized spacial score (nSPS) is 11.9. The van der Waals surface area contributed by atoms with Crippen molar-refractivity contribution < 1.29 is 0 Å². The molecule has 4 aromatic rings. The van der Waals surface area contributed by atoms with Crippen LogP contribution in [-0.4, -0.2) is 14.4 Å². The van der Waals surface area contributed by atoms with Crippen molar-refractivity contribution in [2.75, 3.05) is 0 Å². The van der Waals surface area contributed by atoms with Crippen LogP contribution in [0.1, 0.15) is 11.1 Å². The van der Waals surface area contributed by atoms with Crippen LogP contribution in [0.4, 0.5) is 0 Å². The Hall–Kier alpha value is -2.29. The molecular weight excluding hydrogens is 222 g/mol. The maximum absolute atomic E-state index is 4.74. The van der Waals surface area contributed by atoms with Gasteiger partial charge in [-0.2, -0.15) is 0 Å². The van der Waals surface area contributed by atoms with E-state index in [1.807, 2.05) is 0 Å². The molecule has 0 atom stereocenters. The molecule has 0 radical (unpaired) electrons. The fraction of sp³-hybridized carbons (Fsp3) is 0.133. The predicted molar refractivity (Wildman–Crippen MR) is 74.0 cm³/mol. The number of pyridine rings is 1. The Morgan fingerprint density at radius 2 is 2.06 bits per heavy atom. The van der Waals surface area contributed by atoms with E-state index in [2.05, 4.69) is 59.8 Å². The molecule has 3 aromatic heterocycles. The maximum Gasteiger partial charge on any atom is 0.143 e. The van der Waals surface area contributed by atoms with Crippen LogP contribution in [0.3, 0.4) is 0 Å². The van der Waals surface area contributed by atoms with Gasteiger partial charge in [-0.25, -0.2) is 4.98 Å². The predicted octanol–water partition coefficient (Wildman–Crippen LogP) is 3.59. The highest BCUT2D eigenvalue weighted by Crippen LogP contribution is 2.27. The summed E-state index contributed by atoms with van der Waals surface area (Å²) in [6, 6.07) is 10.5. The Morgan fingerprint density at radius 3 is 2.94 bits per heavy atom. The van der Waals surface area contributed by atoms with Gasteiger partial charge in [0.05, 0.1) is 5.52 Å². The second-order valence-electron chi connectivity index (χ2n) is 4.86. The SMILES string of the molecule is Cc1ccn2c(c1)nc1c3cccc(C)c3[nH]c12. The van der Waals surface area contributed by atoms with Crippen molar-refractivity contribution >= 4 is 27.7 Å². The Labute approximate surface area is 104 Å². The molecule has 0 fully saturated rings. The first-order chi connectivity index (χ1) is 8.74. The molecule has 0 unspecified atom stereocenters. The molecule has 1 aromatic carbocycles. The second kappa shape index (κ2) is 3.13. The van der Waals surface area contributed by atoms with E-state index in [9.17, 15) is 0 Å². The van der Waals surface area contributed by atoms with Crippen molar-refractivity contribution in [3.8, 4) is 0 Å². The zero-order valence-electron chi connectivity index (χ0n) is 10.4.